The van der Waals surface area contributed by atoms with Crippen LogP contribution in [0.4, 0.5) is 0 Å². The Kier molecular flexibility index (Phi) is 3.29. The van der Waals surface area contributed by atoms with E-state index in [4.69, 9.17) is 5.11 Å². The summed E-state index contributed by atoms with van der Waals surface area (Å²) < 4.78 is 0. The SMILES string of the molecule is CC=CCc1cc(O)ccc1C(=O)O. The lowest BCUT2D eigenvalue weighted by Gasteiger charge is -2.03. The molecule has 1 aromatic rings. The topological polar surface area (TPSA) is 57.5 Å². The van der Waals surface area contributed by atoms with Gasteiger partial charge >= 0.3 is 5.97 Å². The van der Waals surface area contributed by atoms with Gasteiger partial charge in [0.25, 0.3) is 0 Å². The smallest absolute Gasteiger partial charge is 0.335 e. The average Bonchev–Trinajstić information content (AvgIpc) is 2.14. The van der Waals surface area contributed by atoms with E-state index in [9.17, 15) is 9.90 Å². The zero-order chi connectivity index (χ0) is 10.6. The Labute approximate surface area is 82.3 Å². The number of aromatic hydroxyl groups is 1. The number of phenols is 1. The first-order valence-corrected chi connectivity index (χ1v) is 4.31. The Morgan fingerprint density at radius 2 is 2.21 bits per heavy atom. The highest BCUT2D eigenvalue weighted by atomic mass is 16.4. The first-order chi connectivity index (χ1) is 6.65. The van der Waals surface area contributed by atoms with Gasteiger partial charge in [0, 0.05) is 0 Å². The summed E-state index contributed by atoms with van der Waals surface area (Å²) in [5, 5.41) is 18.1. The van der Waals surface area contributed by atoms with Crippen molar-refractivity contribution in [3.63, 3.8) is 0 Å². The molecule has 0 aliphatic rings. The van der Waals surface area contributed by atoms with Gasteiger partial charge in [-0.05, 0) is 37.1 Å². The second-order valence-electron chi connectivity index (χ2n) is 2.92. The summed E-state index contributed by atoms with van der Waals surface area (Å²) in [6, 6.07) is 4.27. The number of aromatic carboxylic acids is 1. The Bertz CT molecular complexity index is 367. The second kappa shape index (κ2) is 4.46. The average molecular weight is 192 g/mol. The minimum absolute atomic E-state index is 0.0921. The van der Waals surface area contributed by atoms with Crippen LogP contribution >= 0.6 is 0 Å². The zero-order valence-corrected chi connectivity index (χ0v) is 7.90. The van der Waals surface area contributed by atoms with Crippen LogP contribution in [-0.2, 0) is 6.42 Å². The summed E-state index contributed by atoms with van der Waals surface area (Å²) in [6.45, 7) is 1.86. The Morgan fingerprint density at radius 1 is 1.50 bits per heavy atom. The van der Waals surface area contributed by atoms with Crippen LogP contribution in [-0.4, -0.2) is 16.2 Å². The summed E-state index contributed by atoms with van der Waals surface area (Å²) in [5.41, 5.74) is 0.858. The number of hydrogen-bond acceptors (Lipinski definition) is 2. The lowest BCUT2D eigenvalue weighted by Crippen LogP contribution is -2.01. The van der Waals surface area contributed by atoms with E-state index in [1.165, 1.54) is 18.2 Å². The summed E-state index contributed by atoms with van der Waals surface area (Å²) in [5.74, 6) is -0.876. The molecule has 0 bridgehead atoms. The maximum absolute atomic E-state index is 10.8. The molecule has 0 fully saturated rings. The van der Waals surface area contributed by atoms with Crippen LogP contribution in [0.2, 0.25) is 0 Å². The van der Waals surface area contributed by atoms with Crippen molar-refractivity contribution >= 4 is 5.97 Å². The van der Waals surface area contributed by atoms with E-state index >= 15 is 0 Å². The van der Waals surface area contributed by atoms with Crippen LogP contribution in [0.25, 0.3) is 0 Å². The normalized spacial score (nSPS) is 10.6. The molecule has 0 aliphatic carbocycles. The van der Waals surface area contributed by atoms with Crippen molar-refractivity contribution in [3.8, 4) is 5.75 Å². The summed E-state index contributed by atoms with van der Waals surface area (Å²) in [4.78, 5) is 10.8. The van der Waals surface area contributed by atoms with Gasteiger partial charge in [-0.2, -0.15) is 0 Å². The number of allylic oxidation sites excluding steroid dienone is 2. The van der Waals surface area contributed by atoms with Crippen molar-refractivity contribution in [1.29, 1.82) is 0 Å². The number of benzene rings is 1. The van der Waals surface area contributed by atoms with Crippen LogP contribution in [0, 0.1) is 0 Å². The fourth-order valence-corrected chi connectivity index (χ4v) is 1.20. The maximum Gasteiger partial charge on any atom is 0.335 e. The molecule has 3 heteroatoms. The number of hydrogen-bond donors (Lipinski definition) is 2. The highest BCUT2D eigenvalue weighted by Gasteiger charge is 2.08. The fraction of sp³-hybridized carbons (Fsp3) is 0.182. The van der Waals surface area contributed by atoms with Crippen LogP contribution in [0.5, 0.6) is 5.75 Å². The van der Waals surface area contributed by atoms with Crippen LogP contribution < -0.4 is 0 Å². The number of carboxylic acid groups (broad SMARTS) is 1. The monoisotopic (exact) mass is 192 g/mol. The van der Waals surface area contributed by atoms with Gasteiger partial charge in [0.15, 0.2) is 0 Å². The van der Waals surface area contributed by atoms with Gasteiger partial charge in [0.2, 0.25) is 0 Å². The summed E-state index contributed by atoms with van der Waals surface area (Å²) >= 11 is 0. The quantitative estimate of drug-likeness (QED) is 0.722. The molecule has 1 aromatic carbocycles. The van der Waals surface area contributed by atoms with Gasteiger partial charge in [0.1, 0.15) is 5.75 Å². The lowest BCUT2D eigenvalue weighted by atomic mass is 10.0. The Balaban J connectivity index is 3.09. The maximum atomic E-state index is 10.8. The minimum Gasteiger partial charge on any atom is -0.508 e. The summed E-state index contributed by atoms with van der Waals surface area (Å²) in [6.07, 6.45) is 4.21. The van der Waals surface area contributed by atoms with E-state index in [-0.39, 0.29) is 11.3 Å². The zero-order valence-electron chi connectivity index (χ0n) is 7.90. The third-order valence-corrected chi connectivity index (χ3v) is 1.89. The van der Waals surface area contributed by atoms with Gasteiger partial charge in [-0.1, -0.05) is 12.2 Å². The summed E-state index contributed by atoms with van der Waals surface area (Å²) in [7, 11) is 0. The van der Waals surface area contributed by atoms with Crippen molar-refractivity contribution in [2.45, 2.75) is 13.3 Å². The van der Waals surface area contributed by atoms with Crippen LogP contribution in [0.15, 0.2) is 30.4 Å². The molecule has 14 heavy (non-hydrogen) atoms. The molecule has 0 aromatic heterocycles. The van der Waals surface area contributed by atoms with E-state index in [0.29, 0.717) is 12.0 Å². The molecule has 1 rings (SSSR count). The van der Waals surface area contributed by atoms with Gasteiger partial charge in [-0.15, -0.1) is 0 Å². The molecule has 0 heterocycles. The minimum atomic E-state index is -0.968. The molecule has 0 unspecified atom stereocenters. The van der Waals surface area contributed by atoms with Gasteiger partial charge < -0.3 is 10.2 Å². The first kappa shape index (κ1) is 10.3. The van der Waals surface area contributed by atoms with Crippen LogP contribution in [0.1, 0.15) is 22.8 Å². The number of rotatable bonds is 3. The lowest BCUT2D eigenvalue weighted by molar-refractivity contribution is 0.0696. The molecule has 0 saturated carbocycles. The Morgan fingerprint density at radius 3 is 2.79 bits per heavy atom. The standard InChI is InChI=1S/C11H12O3/c1-2-3-4-8-7-9(12)5-6-10(8)11(13)14/h2-3,5-7,12H,4H2,1H3,(H,13,14). The molecule has 0 atom stereocenters. The van der Waals surface area contributed by atoms with Crippen molar-refractivity contribution < 1.29 is 15.0 Å². The van der Waals surface area contributed by atoms with Crippen molar-refractivity contribution in [2.24, 2.45) is 0 Å². The number of phenolic OH excluding ortho intramolecular Hbond substituents is 1. The van der Waals surface area contributed by atoms with E-state index in [0.717, 1.165) is 0 Å². The van der Waals surface area contributed by atoms with Crippen LogP contribution in [0.3, 0.4) is 0 Å². The highest BCUT2D eigenvalue weighted by Crippen LogP contribution is 2.17. The predicted molar refractivity (Wildman–Crippen MR) is 53.6 cm³/mol. The molecular formula is C11H12O3. The van der Waals surface area contributed by atoms with Gasteiger partial charge in [0.05, 0.1) is 5.56 Å². The largest absolute Gasteiger partial charge is 0.508 e. The van der Waals surface area contributed by atoms with Crippen molar-refractivity contribution in [1.82, 2.24) is 0 Å². The fourth-order valence-electron chi connectivity index (χ4n) is 1.20. The number of carbonyl (C=O) groups is 1. The number of carboxylic acids is 1. The van der Waals surface area contributed by atoms with Gasteiger partial charge in [-0.25, -0.2) is 4.79 Å². The van der Waals surface area contributed by atoms with E-state index in [2.05, 4.69) is 0 Å². The van der Waals surface area contributed by atoms with Crippen molar-refractivity contribution in [3.05, 3.63) is 41.5 Å². The molecule has 74 valence electrons. The molecule has 3 nitrogen and oxygen atoms in total. The third kappa shape index (κ3) is 2.36. The molecule has 0 radical (unpaired) electrons. The molecule has 2 N–H and O–H groups in total. The second-order valence-corrected chi connectivity index (χ2v) is 2.92. The van der Waals surface area contributed by atoms with Crippen molar-refractivity contribution in [2.75, 3.05) is 0 Å². The third-order valence-electron chi connectivity index (χ3n) is 1.89. The van der Waals surface area contributed by atoms with E-state index < -0.39 is 5.97 Å². The Hall–Kier alpha value is -1.77. The molecule has 0 spiro atoms. The molecular weight excluding hydrogens is 180 g/mol. The van der Waals surface area contributed by atoms with E-state index in [1.807, 2.05) is 19.1 Å². The van der Waals surface area contributed by atoms with E-state index in [1.54, 1.807) is 0 Å². The first-order valence-electron chi connectivity index (χ1n) is 4.31. The predicted octanol–water partition coefficient (Wildman–Crippen LogP) is 2.21. The molecule has 0 saturated heterocycles. The molecule has 0 amide bonds. The highest BCUT2D eigenvalue weighted by molar-refractivity contribution is 5.89. The van der Waals surface area contributed by atoms with Gasteiger partial charge in [-0.3, -0.25) is 0 Å². The molecule has 0 aliphatic heterocycles.